The van der Waals surface area contributed by atoms with Gasteiger partial charge in [0.25, 0.3) is 0 Å². The number of pyridine rings is 1. The van der Waals surface area contributed by atoms with Gasteiger partial charge in [-0.15, -0.1) is 0 Å². The van der Waals surface area contributed by atoms with E-state index in [4.69, 9.17) is 26.1 Å². The van der Waals surface area contributed by atoms with E-state index in [1.165, 1.54) is 0 Å². The Morgan fingerprint density at radius 1 is 1.03 bits per heavy atom. The van der Waals surface area contributed by atoms with E-state index in [1.54, 1.807) is 6.20 Å². The molecular formula is C27H24ClN5O2. The first-order chi connectivity index (χ1) is 17.1. The summed E-state index contributed by atoms with van der Waals surface area (Å²) in [4.78, 5) is 9.12. The number of nitrogens with zero attached hydrogens (tertiary/aromatic N) is 3. The first-order valence-corrected chi connectivity index (χ1v) is 11.9. The zero-order valence-electron chi connectivity index (χ0n) is 19.2. The van der Waals surface area contributed by atoms with Crippen LogP contribution in [-0.4, -0.2) is 33.8 Å². The maximum atomic E-state index is 6.13. The molecule has 2 N–H and O–H groups in total. The van der Waals surface area contributed by atoms with Crippen LogP contribution in [0.25, 0.3) is 21.9 Å². The van der Waals surface area contributed by atoms with Gasteiger partial charge in [-0.1, -0.05) is 23.7 Å². The average molecular weight is 486 g/mol. The van der Waals surface area contributed by atoms with E-state index in [-0.39, 0.29) is 0 Å². The summed E-state index contributed by atoms with van der Waals surface area (Å²) in [5.74, 6) is 2.33. The van der Waals surface area contributed by atoms with Crippen LogP contribution in [0.5, 0.6) is 11.5 Å². The molecule has 1 aliphatic heterocycles. The van der Waals surface area contributed by atoms with Gasteiger partial charge in [0, 0.05) is 35.9 Å². The predicted molar refractivity (Wildman–Crippen MR) is 140 cm³/mol. The van der Waals surface area contributed by atoms with Crippen molar-refractivity contribution in [3.63, 3.8) is 0 Å². The fourth-order valence-corrected chi connectivity index (χ4v) is 4.33. The summed E-state index contributed by atoms with van der Waals surface area (Å²) in [5.41, 5.74) is 5.05. The normalized spacial score (nSPS) is 13.7. The zero-order valence-corrected chi connectivity index (χ0v) is 19.9. The van der Waals surface area contributed by atoms with Crippen LogP contribution >= 0.6 is 11.6 Å². The van der Waals surface area contributed by atoms with Crippen LogP contribution in [0.2, 0.25) is 5.02 Å². The summed E-state index contributed by atoms with van der Waals surface area (Å²) < 4.78 is 13.5. The van der Waals surface area contributed by atoms with Gasteiger partial charge in [-0.05, 0) is 60.2 Å². The van der Waals surface area contributed by atoms with Crippen LogP contribution in [0.4, 0.5) is 11.6 Å². The topological polar surface area (TPSA) is 73.2 Å². The smallest absolute Gasteiger partial charge is 0.203 e. The van der Waals surface area contributed by atoms with E-state index >= 15 is 0 Å². The Kier molecular flexibility index (Phi) is 5.64. The molecule has 1 fully saturated rings. The van der Waals surface area contributed by atoms with Crippen molar-refractivity contribution in [2.24, 2.45) is 7.05 Å². The molecule has 0 radical (unpaired) electrons. The minimum atomic E-state index is 0.390. The molecule has 0 aliphatic carbocycles. The number of benzene rings is 3. The number of rotatable bonds is 7. The van der Waals surface area contributed by atoms with Gasteiger partial charge in [0.1, 0.15) is 11.5 Å². The van der Waals surface area contributed by atoms with Gasteiger partial charge in [-0.3, -0.25) is 4.98 Å². The Hall–Kier alpha value is -3.81. The van der Waals surface area contributed by atoms with Crippen molar-refractivity contribution in [2.45, 2.75) is 12.6 Å². The van der Waals surface area contributed by atoms with Gasteiger partial charge < -0.3 is 24.7 Å². The van der Waals surface area contributed by atoms with Gasteiger partial charge in [-0.25, -0.2) is 4.98 Å². The van der Waals surface area contributed by atoms with Gasteiger partial charge in [0.2, 0.25) is 5.95 Å². The Morgan fingerprint density at radius 3 is 2.69 bits per heavy atom. The van der Waals surface area contributed by atoms with E-state index in [1.807, 2.05) is 61.6 Å². The lowest BCUT2D eigenvalue weighted by atomic mass is 10.2. The minimum Gasteiger partial charge on any atom is -0.457 e. The van der Waals surface area contributed by atoms with Crippen molar-refractivity contribution in [3.05, 3.63) is 83.5 Å². The second kappa shape index (κ2) is 9.09. The average Bonchev–Trinajstić information content (AvgIpc) is 3.16. The van der Waals surface area contributed by atoms with Crippen LogP contribution in [0, 0.1) is 0 Å². The SMILES string of the molecule is Cn1c(NCc2ccc(Oc3ccnc4cc(Cl)ccc34)cc2)nc2ccc(NC3COC3)cc21. The highest BCUT2D eigenvalue weighted by atomic mass is 35.5. The molecule has 2 aromatic heterocycles. The number of hydrogen-bond donors (Lipinski definition) is 2. The quantitative estimate of drug-likeness (QED) is 0.295. The molecule has 6 rings (SSSR count). The molecule has 1 aliphatic rings. The summed E-state index contributed by atoms with van der Waals surface area (Å²) in [6.45, 7) is 2.17. The van der Waals surface area contributed by atoms with Crippen molar-refractivity contribution in [1.82, 2.24) is 14.5 Å². The molecule has 0 bridgehead atoms. The van der Waals surface area contributed by atoms with Gasteiger partial charge in [0.15, 0.2) is 0 Å². The maximum Gasteiger partial charge on any atom is 0.203 e. The van der Waals surface area contributed by atoms with Gasteiger partial charge >= 0.3 is 0 Å². The maximum absolute atomic E-state index is 6.13. The molecule has 0 atom stereocenters. The third-order valence-electron chi connectivity index (χ3n) is 6.16. The third kappa shape index (κ3) is 4.48. The Morgan fingerprint density at radius 2 is 1.89 bits per heavy atom. The van der Waals surface area contributed by atoms with E-state index in [2.05, 4.69) is 32.3 Å². The molecule has 0 unspecified atom stereocenters. The number of aromatic nitrogens is 3. The lowest BCUT2D eigenvalue weighted by molar-refractivity contribution is 0.0211. The number of halogens is 1. The molecule has 3 aromatic carbocycles. The molecule has 5 aromatic rings. The van der Waals surface area contributed by atoms with E-state index < -0.39 is 0 Å². The molecular weight excluding hydrogens is 462 g/mol. The van der Waals surface area contributed by atoms with Crippen LogP contribution in [0.15, 0.2) is 72.9 Å². The first-order valence-electron chi connectivity index (χ1n) is 11.5. The highest BCUT2D eigenvalue weighted by Crippen LogP contribution is 2.30. The molecule has 7 nitrogen and oxygen atoms in total. The summed E-state index contributed by atoms with van der Waals surface area (Å²) in [6.07, 6.45) is 1.73. The molecule has 1 saturated heterocycles. The summed E-state index contributed by atoms with van der Waals surface area (Å²) >= 11 is 6.09. The fourth-order valence-electron chi connectivity index (χ4n) is 4.16. The van der Waals surface area contributed by atoms with Crippen molar-refractivity contribution in [2.75, 3.05) is 23.8 Å². The number of anilines is 2. The largest absolute Gasteiger partial charge is 0.457 e. The summed E-state index contributed by atoms with van der Waals surface area (Å²) in [6, 6.07) is 22.1. The Labute approximate surface area is 207 Å². The second-order valence-corrected chi connectivity index (χ2v) is 9.08. The number of hydrogen-bond acceptors (Lipinski definition) is 6. The highest BCUT2D eigenvalue weighted by molar-refractivity contribution is 6.31. The number of imidazole rings is 1. The van der Waals surface area contributed by atoms with Crippen LogP contribution in [0.1, 0.15) is 5.56 Å². The summed E-state index contributed by atoms with van der Waals surface area (Å²) in [5, 5.41) is 8.52. The minimum absolute atomic E-state index is 0.390. The lowest BCUT2D eigenvalue weighted by Crippen LogP contribution is -2.40. The van der Waals surface area contributed by atoms with E-state index in [0.29, 0.717) is 17.6 Å². The number of nitrogens with one attached hydrogen (secondary N) is 2. The van der Waals surface area contributed by atoms with Gasteiger partial charge in [-0.2, -0.15) is 0 Å². The number of aryl methyl sites for hydroxylation is 1. The molecule has 0 amide bonds. The van der Waals surface area contributed by atoms with Crippen molar-refractivity contribution >= 4 is 45.2 Å². The molecule has 35 heavy (non-hydrogen) atoms. The van der Waals surface area contributed by atoms with Crippen LogP contribution in [0.3, 0.4) is 0 Å². The standard InChI is InChI=1S/C27H24ClN5O2/c1-33-25-13-19(31-20-15-34-16-20)5-9-23(25)32-27(33)30-14-17-2-6-21(7-3-17)35-26-10-11-29-24-12-18(28)4-8-22(24)26/h2-13,20,31H,14-16H2,1H3,(H,30,32). The van der Waals surface area contributed by atoms with Crippen molar-refractivity contribution in [3.8, 4) is 11.5 Å². The predicted octanol–water partition coefficient (Wildman–Crippen LogP) is 5.99. The lowest BCUT2D eigenvalue weighted by Gasteiger charge is -2.27. The second-order valence-electron chi connectivity index (χ2n) is 8.65. The summed E-state index contributed by atoms with van der Waals surface area (Å²) in [7, 11) is 2.02. The number of fused-ring (bicyclic) bond motifs is 2. The molecule has 3 heterocycles. The monoisotopic (exact) mass is 485 g/mol. The fraction of sp³-hybridized carbons (Fsp3) is 0.185. The van der Waals surface area contributed by atoms with Crippen molar-refractivity contribution in [1.29, 1.82) is 0 Å². The molecule has 176 valence electrons. The van der Waals surface area contributed by atoms with Crippen LogP contribution in [-0.2, 0) is 18.3 Å². The highest BCUT2D eigenvalue weighted by Gasteiger charge is 2.18. The first kappa shape index (κ1) is 21.7. The van der Waals surface area contributed by atoms with Crippen molar-refractivity contribution < 1.29 is 9.47 Å². The molecule has 8 heteroatoms. The van der Waals surface area contributed by atoms with E-state index in [0.717, 1.165) is 63.8 Å². The Bertz CT molecular complexity index is 1510. The number of ether oxygens (including phenoxy) is 2. The third-order valence-corrected chi connectivity index (χ3v) is 6.39. The Balaban J connectivity index is 1.13. The zero-order chi connectivity index (χ0) is 23.8. The molecule has 0 saturated carbocycles. The molecule has 0 spiro atoms. The van der Waals surface area contributed by atoms with Gasteiger partial charge in [0.05, 0.1) is 35.8 Å². The van der Waals surface area contributed by atoms with E-state index in [9.17, 15) is 0 Å². The van der Waals surface area contributed by atoms with Crippen LogP contribution < -0.4 is 15.4 Å².